The molecule has 2 saturated heterocycles. The zero-order chi connectivity index (χ0) is 25.9. The molecule has 2 aliphatic rings. The summed E-state index contributed by atoms with van der Waals surface area (Å²) in [5.41, 5.74) is 1.64. The molecule has 37 heavy (non-hydrogen) atoms. The van der Waals surface area contributed by atoms with E-state index in [2.05, 4.69) is 45.8 Å². The summed E-state index contributed by atoms with van der Waals surface area (Å²) in [6, 6.07) is 18.6. The predicted molar refractivity (Wildman–Crippen MR) is 150 cm³/mol. The molecule has 7 nitrogen and oxygen atoms in total. The van der Waals surface area contributed by atoms with Crippen molar-refractivity contribution in [3.63, 3.8) is 0 Å². The van der Waals surface area contributed by atoms with Crippen LogP contribution in [0.4, 0.5) is 16.2 Å². The van der Waals surface area contributed by atoms with E-state index in [0.29, 0.717) is 35.6 Å². The largest absolute Gasteiger partial charge is 0.326 e. The standard InChI is InChI=1S/C29H37ClN6O/c1-20(2)28-33-32-21(3)36(28)27-18-25-14-15-26(19-27)34(25)16-7-17-35(24-8-5-4-6-9-24)29(37)31-23-12-10-22(30)11-13-23/h4-6,8-13,20,25-27H,7,14-19H2,1-3H3,(H,31,37)/t25-,26+,27?. The normalized spacial score (nSPS) is 21.4. The molecular weight excluding hydrogens is 484 g/mol. The lowest BCUT2D eigenvalue weighted by atomic mass is 9.96. The Hall–Kier alpha value is -2.90. The summed E-state index contributed by atoms with van der Waals surface area (Å²) in [5.74, 6) is 2.52. The van der Waals surface area contributed by atoms with Gasteiger partial charge in [-0.1, -0.05) is 43.6 Å². The van der Waals surface area contributed by atoms with Crippen LogP contribution < -0.4 is 10.2 Å². The number of para-hydroxylation sites is 1. The number of urea groups is 1. The van der Waals surface area contributed by atoms with E-state index in [0.717, 1.165) is 48.8 Å². The highest BCUT2D eigenvalue weighted by Crippen LogP contribution is 2.42. The fourth-order valence-electron chi connectivity index (χ4n) is 6.14. The second-order valence-electron chi connectivity index (χ2n) is 10.7. The minimum Gasteiger partial charge on any atom is -0.312 e. The topological polar surface area (TPSA) is 66.3 Å². The number of fused-ring (bicyclic) bond motifs is 2. The van der Waals surface area contributed by atoms with Gasteiger partial charge in [0, 0.05) is 53.5 Å². The highest BCUT2D eigenvalue weighted by Gasteiger charge is 2.42. The fourth-order valence-corrected chi connectivity index (χ4v) is 6.27. The van der Waals surface area contributed by atoms with E-state index >= 15 is 0 Å². The van der Waals surface area contributed by atoms with Crippen LogP contribution in [0.3, 0.4) is 0 Å². The van der Waals surface area contributed by atoms with Gasteiger partial charge in [0.1, 0.15) is 11.6 Å². The van der Waals surface area contributed by atoms with E-state index in [4.69, 9.17) is 11.6 Å². The number of hydrogen-bond donors (Lipinski definition) is 1. The van der Waals surface area contributed by atoms with Gasteiger partial charge in [0.2, 0.25) is 0 Å². The van der Waals surface area contributed by atoms with Crippen LogP contribution in [0.5, 0.6) is 0 Å². The number of hydrogen-bond acceptors (Lipinski definition) is 4. The Bertz CT molecular complexity index is 1180. The summed E-state index contributed by atoms with van der Waals surface area (Å²) in [6.45, 7) is 8.14. The van der Waals surface area contributed by atoms with Crippen molar-refractivity contribution in [1.82, 2.24) is 19.7 Å². The molecule has 2 fully saturated rings. The molecule has 3 heterocycles. The van der Waals surface area contributed by atoms with Crippen LogP contribution >= 0.6 is 11.6 Å². The fraction of sp³-hybridized carbons (Fsp3) is 0.483. The SMILES string of the molecule is Cc1nnc(C(C)C)n1C1C[C@H]2CC[C@@H](C1)N2CCCN(C(=O)Nc1ccc(Cl)cc1)c1ccccc1. The van der Waals surface area contributed by atoms with E-state index in [-0.39, 0.29) is 6.03 Å². The van der Waals surface area contributed by atoms with Crippen molar-refractivity contribution in [2.75, 3.05) is 23.3 Å². The number of aryl methyl sites for hydroxylation is 1. The van der Waals surface area contributed by atoms with E-state index in [9.17, 15) is 4.79 Å². The quantitative estimate of drug-likeness (QED) is 0.360. The molecule has 1 aromatic heterocycles. The Balaban J connectivity index is 1.23. The first-order valence-electron chi connectivity index (χ1n) is 13.5. The van der Waals surface area contributed by atoms with Gasteiger partial charge in [0.05, 0.1) is 0 Å². The van der Waals surface area contributed by atoms with Crippen molar-refractivity contribution < 1.29 is 4.79 Å². The number of anilines is 2. The average molecular weight is 521 g/mol. The van der Waals surface area contributed by atoms with Gasteiger partial charge < -0.3 is 9.88 Å². The van der Waals surface area contributed by atoms with Crippen molar-refractivity contribution in [2.45, 2.75) is 76.9 Å². The first-order valence-corrected chi connectivity index (χ1v) is 13.8. The summed E-state index contributed by atoms with van der Waals surface area (Å²) in [5, 5.41) is 12.6. The van der Waals surface area contributed by atoms with Crippen molar-refractivity contribution >= 4 is 29.0 Å². The summed E-state index contributed by atoms with van der Waals surface area (Å²) >= 11 is 6.01. The van der Waals surface area contributed by atoms with Crippen molar-refractivity contribution in [3.05, 3.63) is 71.3 Å². The number of carbonyl (C=O) groups excluding carboxylic acids is 1. The highest BCUT2D eigenvalue weighted by atomic mass is 35.5. The Morgan fingerprint density at radius 3 is 2.35 bits per heavy atom. The van der Waals surface area contributed by atoms with Crippen LogP contribution in [0.2, 0.25) is 5.02 Å². The molecule has 196 valence electrons. The zero-order valence-electron chi connectivity index (χ0n) is 22.0. The van der Waals surface area contributed by atoms with Crippen molar-refractivity contribution in [2.24, 2.45) is 0 Å². The maximum Gasteiger partial charge on any atom is 0.326 e. The number of amides is 2. The average Bonchev–Trinajstić information content (AvgIpc) is 3.39. The molecule has 2 bridgehead atoms. The number of halogens is 1. The lowest BCUT2D eigenvalue weighted by Gasteiger charge is -2.40. The maximum atomic E-state index is 13.3. The van der Waals surface area contributed by atoms with Gasteiger partial charge in [-0.25, -0.2) is 4.79 Å². The van der Waals surface area contributed by atoms with Crippen LogP contribution in [0, 0.1) is 6.92 Å². The number of benzene rings is 2. The number of nitrogens with one attached hydrogen (secondary N) is 1. The molecule has 3 atom stereocenters. The van der Waals surface area contributed by atoms with Gasteiger partial charge in [-0.2, -0.15) is 0 Å². The van der Waals surface area contributed by atoms with Crippen LogP contribution in [0.25, 0.3) is 0 Å². The number of nitrogens with zero attached hydrogens (tertiary/aromatic N) is 5. The maximum absolute atomic E-state index is 13.3. The Kier molecular flexibility index (Phi) is 7.81. The predicted octanol–water partition coefficient (Wildman–Crippen LogP) is 6.66. The number of rotatable bonds is 8. The van der Waals surface area contributed by atoms with E-state index < -0.39 is 0 Å². The first-order chi connectivity index (χ1) is 17.9. The van der Waals surface area contributed by atoms with Crippen LogP contribution in [0.15, 0.2) is 54.6 Å². The summed E-state index contributed by atoms with van der Waals surface area (Å²) in [6.07, 6.45) is 5.71. The Labute approximate surface area is 224 Å². The molecule has 5 rings (SSSR count). The van der Waals surface area contributed by atoms with E-state index in [1.54, 1.807) is 12.1 Å². The molecule has 1 unspecified atom stereocenters. The molecular formula is C29H37ClN6O. The zero-order valence-corrected chi connectivity index (χ0v) is 22.7. The lowest BCUT2D eigenvalue weighted by Crippen LogP contribution is -2.45. The molecule has 0 spiro atoms. The molecule has 3 aromatic rings. The summed E-state index contributed by atoms with van der Waals surface area (Å²) in [7, 11) is 0. The molecule has 2 amide bonds. The number of aromatic nitrogens is 3. The highest BCUT2D eigenvalue weighted by molar-refractivity contribution is 6.30. The van der Waals surface area contributed by atoms with Gasteiger partial charge in [-0.3, -0.25) is 9.80 Å². The second kappa shape index (κ2) is 11.2. The van der Waals surface area contributed by atoms with Crippen LogP contribution in [-0.2, 0) is 0 Å². The third-order valence-corrected chi connectivity index (χ3v) is 8.09. The lowest BCUT2D eigenvalue weighted by molar-refractivity contribution is 0.104. The third kappa shape index (κ3) is 5.68. The van der Waals surface area contributed by atoms with Gasteiger partial charge in [-0.05, 0) is 75.4 Å². The number of carbonyl (C=O) groups is 1. The Morgan fingerprint density at radius 2 is 1.70 bits per heavy atom. The molecule has 0 aliphatic carbocycles. The summed E-state index contributed by atoms with van der Waals surface area (Å²) in [4.78, 5) is 17.8. The molecule has 1 N–H and O–H groups in total. The first kappa shape index (κ1) is 25.7. The minimum absolute atomic E-state index is 0.125. The minimum atomic E-state index is -0.125. The summed E-state index contributed by atoms with van der Waals surface area (Å²) < 4.78 is 2.41. The van der Waals surface area contributed by atoms with Gasteiger partial charge in [0.15, 0.2) is 0 Å². The van der Waals surface area contributed by atoms with Crippen LogP contribution in [0.1, 0.15) is 69.6 Å². The van der Waals surface area contributed by atoms with E-state index in [1.165, 1.54) is 12.8 Å². The smallest absolute Gasteiger partial charge is 0.312 e. The molecule has 0 radical (unpaired) electrons. The Morgan fingerprint density at radius 1 is 1.03 bits per heavy atom. The van der Waals surface area contributed by atoms with Crippen molar-refractivity contribution in [1.29, 1.82) is 0 Å². The molecule has 2 aromatic carbocycles. The second-order valence-corrected chi connectivity index (χ2v) is 11.1. The van der Waals surface area contributed by atoms with Crippen molar-refractivity contribution in [3.8, 4) is 0 Å². The van der Waals surface area contributed by atoms with Crippen LogP contribution in [-0.4, -0.2) is 50.9 Å². The third-order valence-electron chi connectivity index (χ3n) is 7.84. The molecule has 8 heteroatoms. The van der Waals surface area contributed by atoms with Gasteiger partial charge in [0.25, 0.3) is 0 Å². The molecule has 2 aliphatic heterocycles. The van der Waals surface area contributed by atoms with E-state index in [1.807, 2.05) is 47.4 Å². The monoisotopic (exact) mass is 520 g/mol. The van der Waals surface area contributed by atoms with Gasteiger partial charge in [-0.15, -0.1) is 10.2 Å². The number of piperidine rings is 1. The van der Waals surface area contributed by atoms with Gasteiger partial charge >= 0.3 is 6.03 Å². The molecule has 0 saturated carbocycles.